The van der Waals surface area contributed by atoms with E-state index in [0.29, 0.717) is 25.5 Å². The number of nitrogens with zero attached hydrogens (tertiary/aromatic N) is 4. The summed E-state index contributed by atoms with van der Waals surface area (Å²) >= 11 is 0. The molecule has 27 heavy (non-hydrogen) atoms. The normalized spacial score (nSPS) is 14.1. The van der Waals surface area contributed by atoms with Crippen molar-refractivity contribution in [2.24, 2.45) is 0 Å². The van der Waals surface area contributed by atoms with Crippen LogP contribution >= 0.6 is 0 Å². The van der Waals surface area contributed by atoms with E-state index in [9.17, 15) is 4.79 Å². The number of morpholine rings is 1. The highest BCUT2D eigenvalue weighted by Gasteiger charge is 2.17. The Balaban J connectivity index is 1.49. The van der Waals surface area contributed by atoms with Crippen molar-refractivity contribution in [1.82, 2.24) is 19.9 Å². The summed E-state index contributed by atoms with van der Waals surface area (Å²) in [5.74, 6) is 0.728. The smallest absolute Gasteiger partial charge is 0.270 e. The van der Waals surface area contributed by atoms with Gasteiger partial charge in [-0.1, -0.05) is 24.3 Å². The third-order valence-electron chi connectivity index (χ3n) is 4.52. The Kier molecular flexibility index (Phi) is 5.11. The first-order valence-corrected chi connectivity index (χ1v) is 8.95. The summed E-state index contributed by atoms with van der Waals surface area (Å²) in [5, 5.41) is 2.99. The fourth-order valence-corrected chi connectivity index (χ4v) is 3.15. The lowest BCUT2D eigenvalue weighted by Crippen LogP contribution is -2.38. The largest absolute Gasteiger partial charge is 0.378 e. The summed E-state index contributed by atoms with van der Waals surface area (Å²) in [7, 11) is 0. The van der Waals surface area contributed by atoms with Crippen molar-refractivity contribution in [3.05, 3.63) is 72.4 Å². The van der Waals surface area contributed by atoms with Crippen molar-refractivity contribution < 1.29 is 9.53 Å². The van der Waals surface area contributed by atoms with E-state index in [1.165, 1.54) is 0 Å². The number of imidazole rings is 1. The Morgan fingerprint density at radius 3 is 2.74 bits per heavy atom. The minimum Gasteiger partial charge on any atom is -0.378 e. The van der Waals surface area contributed by atoms with Crippen molar-refractivity contribution in [3.63, 3.8) is 0 Å². The molecule has 7 heteroatoms. The molecule has 1 N–H and O–H groups in total. The van der Waals surface area contributed by atoms with Crippen LogP contribution in [0.3, 0.4) is 0 Å². The van der Waals surface area contributed by atoms with Crippen molar-refractivity contribution in [3.8, 4) is 5.69 Å². The summed E-state index contributed by atoms with van der Waals surface area (Å²) in [6, 6.07) is 13.6. The zero-order valence-corrected chi connectivity index (χ0v) is 14.9. The third kappa shape index (κ3) is 3.83. The van der Waals surface area contributed by atoms with Gasteiger partial charge in [0.1, 0.15) is 11.5 Å². The molecule has 1 fully saturated rings. The van der Waals surface area contributed by atoms with Gasteiger partial charge in [0.05, 0.1) is 25.7 Å². The number of benzene rings is 1. The number of pyridine rings is 1. The van der Waals surface area contributed by atoms with Gasteiger partial charge in [-0.15, -0.1) is 0 Å². The van der Waals surface area contributed by atoms with Gasteiger partial charge in [-0.25, -0.2) is 9.97 Å². The molecule has 3 aromatic rings. The van der Waals surface area contributed by atoms with Gasteiger partial charge in [-0.05, 0) is 18.2 Å². The van der Waals surface area contributed by atoms with E-state index in [2.05, 4.69) is 20.2 Å². The van der Waals surface area contributed by atoms with Gasteiger partial charge < -0.3 is 15.0 Å². The van der Waals surface area contributed by atoms with E-state index in [-0.39, 0.29) is 5.91 Å². The first kappa shape index (κ1) is 17.2. The van der Waals surface area contributed by atoms with Gasteiger partial charge in [0, 0.05) is 37.1 Å². The zero-order valence-electron chi connectivity index (χ0n) is 14.9. The van der Waals surface area contributed by atoms with Gasteiger partial charge in [0.25, 0.3) is 5.91 Å². The van der Waals surface area contributed by atoms with Crippen molar-refractivity contribution in [1.29, 1.82) is 0 Å². The second kappa shape index (κ2) is 8.01. The number of carbonyl (C=O) groups is 1. The zero-order chi connectivity index (χ0) is 18.5. The number of anilines is 1. The molecule has 0 radical (unpaired) electrons. The number of hydrogen-bond donors (Lipinski definition) is 1. The molecule has 0 saturated carbocycles. The molecule has 3 heterocycles. The van der Waals surface area contributed by atoms with E-state index in [0.717, 1.165) is 30.2 Å². The number of nitrogens with one attached hydrogen (secondary N) is 1. The van der Waals surface area contributed by atoms with Crippen molar-refractivity contribution in [2.75, 3.05) is 31.2 Å². The Morgan fingerprint density at radius 2 is 1.93 bits per heavy atom. The van der Waals surface area contributed by atoms with Gasteiger partial charge in [-0.3, -0.25) is 9.36 Å². The fraction of sp³-hybridized carbons (Fsp3) is 0.250. The summed E-state index contributed by atoms with van der Waals surface area (Å²) in [5.41, 5.74) is 2.38. The number of hydrogen-bond acceptors (Lipinski definition) is 5. The average Bonchev–Trinajstić information content (AvgIpc) is 3.24. The maximum Gasteiger partial charge on any atom is 0.270 e. The topological polar surface area (TPSA) is 72.3 Å². The third-order valence-corrected chi connectivity index (χ3v) is 4.52. The highest BCUT2D eigenvalue weighted by molar-refractivity contribution is 5.93. The summed E-state index contributed by atoms with van der Waals surface area (Å²) in [6.07, 6.45) is 5.00. The summed E-state index contributed by atoms with van der Waals surface area (Å²) in [4.78, 5) is 23.6. The van der Waals surface area contributed by atoms with Crippen LogP contribution in [0.15, 0.2) is 61.2 Å². The quantitative estimate of drug-likeness (QED) is 0.751. The Hall–Kier alpha value is -3.19. The van der Waals surface area contributed by atoms with Crippen LogP contribution in [0.5, 0.6) is 0 Å². The molecule has 0 unspecified atom stereocenters. The molecule has 0 aliphatic carbocycles. The van der Waals surface area contributed by atoms with E-state index >= 15 is 0 Å². The van der Waals surface area contributed by atoms with E-state index in [4.69, 9.17) is 4.74 Å². The highest BCUT2D eigenvalue weighted by Crippen LogP contribution is 2.18. The second-order valence-corrected chi connectivity index (χ2v) is 6.25. The molecule has 0 bridgehead atoms. The minimum atomic E-state index is -0.173. The Bertz CT molecular complexity index is 904. The molecule has 4 rings (SSSR count). The number of rotatable bonds is 5. The van der Waals surface area contributed by atoms with Crippen LogP contribution in [0.4, 0.5) is 5.82 Å². The molecule has 1 aliphatic rings. The average molecular weight is 363 g/mol. The minimum absolute atomic E-state index is 0.173. The first-order chi connectivity index (χ1) is 13.3. The molecule has 1 saturated heterocycles. The molecular weight excluding hydrogens is 342 g/mol. The maximum atomic E-state index is 12.7. The lowest BCUT2D eigenvalue weighted by Gasteiger charge is -2.29. The van der Waals surface area contributed by atoms with Crippen LogP contribution in [0.1, 0.15) is 16.1 Å². The van der Waals surface area contributed by atoms with Crippen LogP contribution in [-0.4, -0.2) is 46.7 Å². The number of ether oxygens (including phenoxy) is 1. The molecular formula is C20H21N5O2. The van der Waals surface area contributed by atoms with E-state index in [1.54, 1.807) is 23.3 Å². The second-order valence-electron chi connectivity index (χ2n) is 6.25. The molecule has 1 aromatic carbocycles. The predicted molar refractivity (Wildman–Crippen MR) is 102 cm³/mol. The number of amides is 1. The van der Waals surface area contributed by atoms with Crippen molar-refractivity contribution >= 4 is 11.7 Å². The number of aromatic nitrogens is 3. The lowest BCUT2D eigenvalue weighted by atomic mass is 10.2. The lowest BCUT2D eigenvalue weighted by molar-refractivity contribution is 0.0944. The summed E-state index contributed by atoms with van der Waals surface area (Å²) < 4.78 is 7.19. The van der Waals surface area contributed by atoms with Crippen LogP contribution in [0, 0.1) is 0 Å². The van der Waals surface area contributed by atoms with Crippen LogP contribution in [0.2, 0.25) is 0 Å². The highest BCUT2D eigenvalue weighted by atomic mass is 16.5. The van der Waals surface area contributed by atoms with Gasteiger partial charge in [0.2, 0.25) is 0 Å². The van der Waals surface area contributed by atoms with Crippen LogP contribution in [0.25, 0.3) is 5.69 Å². The molecule has 0 atom stereocenters. The Labute approximate surface area is 157 Å². The maximum absolute atomic E-state index is 12.7. The SMILES string of the molecule is O=C(NCc1cccnc1N1CCOCC1)c1cncn1-c1ccccc1. The van der Waals surface area contributed by atoms with Crippen LogP contribution < -0.4 is 10.2 Å². The monoisotopic (exact) mass is 363 g/mol. The molecule has 138 valence electrons. The molecule has 1 aliphatic heterocycles. The van der Waals surface area contributed by atoms with Crippen molar-refractivity contribution in [2.45, 2.75) is 6.54 Å². The first-order valence-electron chi connectivity index (χ1n) is 8.95. The Morgan fingerprint density at radius 1 is 1.11 bits per heavy atom. The van der Waals surface area contributed by atoms with E-state index in [1.807, 2.05) is 42.5 Å². The molecule has 0 spiro atoms. The van der Waals surface area contributed by atoms with E-state index < -0.39 is 0 Å². The van der Waals surface area contributed by atoms with Gasteiger partial charge in [-0.2, -0.15) is 0 Å². The molecule has 1 amide bonds. The predicted octanol–water partition coefficient (Wildman–Crippen LogP) is 2.03. The van der Waals surface area contributed by atoms with Crippen LogP contribution in [-0.2, 0) is 11.3 Å². The molecule has 7 nitrogen and oxygen atoms in total. The number of carbonyl (C=O) groups excluding carboxylic acids is 1. The fourth-order valence-electron chi connectivity index (χ4n) is 3.15. The molecule has 2 aromatic heterocycles. The van der Waals surface area contributed by atoms with Gasteiger partial charge in [0.15, 0.2) is 0 Å². The standard InChI is InChI=1S/C20H21N5O2/c26-20(18-14-21-15-25(18)17-6-2-1-3-7-17)23-13-16-5-4-8-22-19(16)24-9-11-27-12-10-24/h1-8,14-15H,9-13H2,(H,23,26). The van der Waals surface area contributed by atoms with Gasteiger partial charge >= 0.3 is 0 Å². The summed E-state index contributed by atoms with van der Waals surface area (Å²) in [6.45, 7) is 3.40. The number of para-hydroxylation sites is 1.